The first-order valence-electron chi connectivity index (χ1n) is 7.20. The Bertz CT molecular complexity index is 496. The molecule has 1 aliphatic carbocycles. The van der Waals surface area contributed by atoms with E-state index in [2.05, 4.69) is 0 Å². The number of rotatable bonds is 4. The van der Waals surface area contributed by atoms with Crippen LogP contribution in [0.25, 0.3) is 0 Å². The van der Waals surface area contributed by atoms with E-state index in [1.54, 1.807) is 0 Å². The van der Waals surface area contributed by atoms with Crippen molar-refractivity contribution in [2.24, 2.45) is 5.90 Å². The van der Waals surface area contributed by atoms with E-state index in [1.165, 1.54) is 0 Å². The van der Waals surface area contributed by atoms with Crippen LogP contribution in [0.2, 0.25) is 0 Å². The standard InChI is InChI=1S/C16H21NO3/c1-3-10-8-12(20-17)9-11(4-2)15(10)16-13(18)6-5-7-14(16)19/h8-9,16H,3-7,17H2,1-2H3. The van der Waals surface area contributed by atoms with Crippen LogP contribution in [0.1, 0.15) is 55.7 Å². The van der Waals surface area contributed by atoms with Crippen LogP contribution in [0.4, 0.5) is 0 Å². The first-order chi connectivity index (χ1) is 9.62. The molecule has 108 valence electrons. The molecule has 0 saturated heterocycles. The van der Waals surface area contributed by atoms with Gasteiger partial charge >= 0.3 is 0 Å². The molecule has 1 aliphatic rings. The van der Waals surface area contributed by atoms with Crippen molar-refractivity contribution < 1.29 is 14.4 Å². The number of aryl methyl sites for hydroxylation is 2. The van der Waals surface area contributed by atoms with Crippen LogP contribution in [0, 0.1) is 0 Å². The van der Waals surface area contributed by atoms with Gasteiger partial charge in [-0.15, -0.1) is 0 Å². The minimum atomic E-state index is -0.583. The lowest BCUT2D eigenvalue weighted by Gasteiger charge is -2.25. The van der Waals surface area contributed by atoms with Gasteiger partial charge in [0.2, 0.25) is 0 Å². The second kappa shape index (κ2) is 6.18. The van der Waals surface area contributed by atoms with Gasteiger partial charge in [0.25, 0.3) is 0 Å². The third-order valence-electron chi connectivity index (χ3n) is 4.00. The molecule has 2 rings (SSSR count). The SMILES string of the molecule is CCc1cc(ON)cc(CC)c1C1C(=O)CCCC1=O. The molecule has 4 nitrogen and oxygen atoms in total. The molecular weight excluding hydrogens is 254 g/mol. The van der Waals surface area contributed by atoms with Crippen LogP contribution >= 0.6 is 0 Å². The maximum Gasteiger partial charge on any atom is 0.147 e. The average Bonchev–Trinajstić information content (AvgIpc) is 2.46. The van der Waals surface area contributed by atoms with E-state index in [0.29, 0.717) is 25.0 Å². The van der Waals surface area contributed by atoms with E-state index < -0.39 is 5.92 Å². The second-order valence-corrected chi connectivity index (χ2v) is 5.20. The second-order valence-electron chi connectivity index (χ2n) is 5.20. The highest BCUT2D eigenvalue weighted by Crippen LogP contribution is 2.35. The summed E-state index contributed by atoms with van der Waals surface area (Å²) in [7, 11) is 0. The fourth-order valence-corrected chi connectivity index (χ4v) is 3.00. The van der Waals surface area contributed by atoms with Crippen molar-refractivity contribution in [3.8, 4) is 5.75 Å². The van der Waals surface area contributed by atoms with Gasteiger partial charge in [0, 0.05) is 12.8 Å². The highest BCUT2D eigenvalue weighted by Gasteiger charge is 2.34. The molecule has 0 aromatic heterocycles. The molecule has 0 atom stereocenters. The summed E-state index contributed by atoms with van der Waals surface area (Å²) in [6, 6.07) is 3.67. The topological polar surface area (TPSA) is 69.4 Å². The van der Waals surface area contributed by atoms with Gasteiger partial charge < -0.3 is 4.84 Å². The monoisotopic (exact) mass is 275 g/mol. The number of hydrogen-bond acceptors (Lipinski definition) is 4. The zero-order chi connectivity index (χ0) is 14.7. The molecule has 1 fully saturated rings. The Balaban J connectivity index is 2.58. The number of carbonyl (C=O) groups is 2. The van der Waals surface area contributed by atoms with Gasteiger partial charge in [-0.1, -0.05) is 13.8 Å². The summed E-state index contributed by atoms with van der Waals surface area (Å²) in [5.74, 6) is 5.34. The summed E-state index contributed by atoms with van der Waals surface area (Å²) >= 11 is 0. The van der Waals surface area contributed by atoms with E-state index in [1.807, 2.05) is 26.0 Å². The van der Waals surface area contributed by atoms with Gasteiger partial charge in [0.1, 0.15) is 23.2 Å². The van der Waals surface area contributed by atoms with E-state index in [-0.39, 0.29) is 11.6 Å². The number of ketones is 2. The average molecular weight is 275 g/mol. The van der Waals surface area contributed by atoms with Crippen molar-refractivity contribution >= 4 is 11.6 Å². The lowest BCUT2D eigenvalue weighted by molar-refractivity contribution is -0.131. The lowest BCUT2D eigenvalue weighted by atomic mass is 9.77. The van der Waals surface area contributed by atoms with Gasteiger partial charge in [0.15, 0.2) is 0 Å². The zero-order valence-electron chi connectivity index (χ0n) is 12.1. The highest BCUT2D eigenvalue weighted by molar-refractivity contribution is 6.09. The Labute approximate surface area is 119 Å². The van der Waals surface area contributed by atoms with Crippen molar-refractivity contribution in [2.45, 2.75) is 51.9 Å². The Morgan fingerprint density at radius 3 is 2.00 bits per heavy atom. The van der Waals surface area contributed by atoms with Gasteiger partial charge in [-0.2, -0.15) is 5.90 Å². The van der Waals surface area contributed by atoms with E-state index in [0.717, 1.165) is 29.5 Å². The third kappa shape index (κ3) is 2.61. The van der Waals surface area contributed by atoms with E-state index in [4.69, 9.17) is 10.7 Å². The molecule has 1 saturated carbocycles. The van der Waals surface area contributed by atoms with Crippen LogP contribution in [-0.4, -0.2) is 11.6 Å². The van der Waals surface area contributed by atoms with Crippen LogP contribution in [0.5, 0.6) is 5.75 Å². The molecule has 0 heterocycles. The molecule has 20 heavy (non-hydrogen) atoms. The fourth-order valence-electron chi connectivity index (χ4n) is 3.00. The maximum absolute atomic E-state index is 12.2. The predicted molar refractivity (Wildman–Crippen MR) is 76.6 cm³/mol. The molecule has 0 unspecified atom stereocenters. The normalized spacial score (nSPS) is 16.6. The predicted octanol–water partition coefficient (Wildman–Crippen LogP) is 2.47. The first-order valence-corrected chi connectivity index (χ1v) is 7.20. The van der Waals surface area contributed by atoms with Crippen molar-refractivity contribution in [1.29, 1.82) is 0 Å². The van der Waals surface area contributed by atoms with E-state index in [9.17, 15) is 9.59 Å². The van der Waals surface area contributed by atoms with Crippen LogP contribution < -0.4 is 10.7 Å². The molecule has 1 aromatic rings. The summed E-state index contributed by atoms with van der Waals surface area (Å²) in [5.41, 5.74) is 2.86. The molecular formula is C16H21NO3. The Kier molecular flexibility index (Phi) is 4.55. The summed E-state index contributed by atoms with van der Waals surface area (Å²) in [6.07, 6.45) is 3.17. The quantitative estimate of drug-likeness (QED) is 0.677. The van der Waals surface area contributed by atoms with Gasteiger partial charge in [-0.25, -0.2) is 0 Å². The van der Waals surface area contributed by atoms with Crippen LogP contribution in [-0.2, 0) is 22.4 Å². The molecule has 1 aromatic carbocycles. The molecule has 0 spiro atoms. The molecule has 0 amide bonds. The Hall–Kier alpha value is -1.68. The van der Waals surface area contributed by atoms with Crippen molar-refractivity contribution in [3.63, 3.8) is 0 Å². The van der Waals surface area contributed by atoms with Gasteiger partial charge in [-0.05, 0) is 48.1 Å². The van der Waals surface area contributed by atoms with Crippen LogP contribution in [0.15, 0.2) is 12.1 Å². The maximum atomic E-state index is 12.2. The zero-order valence-corrected chi connectivity index (χ0v) is 12.1. The third-order valence-corrected chi connectivity index (χ3v) is 4.00. The summed E-state index contributed by atoms with van der Waals surface area (Å²) in [5, 5.41) is 0. The van der Waals surface area contributed by atoms with Gasteiger partial charge in [-0.3, -0.25) is 9.59 Å². The number of nitrogens with two attached hydrogens (primary N) is 1. The number of carbonyl (C=O) groups excluding carboxylic acids is 2. The molecule has 4 heteroatoms. The first kappa shape index (κ1) is 14.7. The molecule has 2 N–H and O–H groups in total. The van der Waals surface area contributed by atoms with Crippen LogP contribution in [0.3, 0.4) is 0 Å². The minimum Gasteiger partial charge on any atom is -0.412 e. The summed E-state index contributed by atoms with van der Waals surface area (Å²) in [6.45, 7) is 4.02. The largest absolute Gasteiger partial charge is 0.412 e. The molecule has 0 bridgehead atoms. The van der Waals surface area contributed by atoms with Crippen molar-refractivity contribution in [3.05, 3.63) is 28.8 Å². The molecule has 0 aliphatic heterocycles. The summed E-state index contributed by atoms with van der Waals surface area (Å²) in [4.78, 5) is 29.3. The number of hydrogen-bond donors (Lipinski definition) is 1. The highest BCUT2D eigenvalue weighted by atomic mass is 16.6. The summed E-state index contributed by atoms with van der Waals surface area (Å²) < 4.78 is 0. The Morgan fingerprint density at radius 1 is 1.10 bits per heavy atom. The number of Topliss-reactive ketones (excluding diaryl/α,β-unsaturated/α-hetero) is 2. The number of benzene rings is 1. The Morgan fingerprint density at radius 2 is 1.60 bits per heavy atom. The van der Waals surface area contributed by atoms with Crippen molar-refractivity contribution in [1.82, 2.24) is 0 Å². The van der Waals surface area contributed by atoms with Gasteiger partial charge in [0.05, 0.1) is 0 Å². The molecule has 0 radical (unpaired) electrons. The van der Waals surface area contributed by atoms with Crippen molar-refractivity contribution in [2.75, 3.05) is 0 Å². The minimum absolute atomic E-state index is 0.0482. The fraction of sp³-hybridized carbons (Fsp3) is 0.500. The van der Waals surface area contributed by atoms with E-state index >= 15 is 0 Å². The smallest absolute Gasteiger partial charge is 0.147 e. The lowest BCUT2D eigenvalue weighted by Crippen LogP contribution is -2.28.